The molecule has 1 N–H and O–H groups in total. The van der Waals surface area contributed by atoms with Crippen molar-refractivity contribution in [1.82, 2.24) is 5.32 Å². The Balaban J connectivity index is 2.53. The molecule has 1 saturated heterocycles. The molecule has 2 atom stereocenters. The topological polar surface area (TPSA) is 50.9 Å². The zero-order chi connectivity index (χ0) is 12.6. The summed E-state index contributed by atoms with van der Waals surface area (Å²) in [6.07, 6.45) is -0.372. The average Bonchev–Trinajstić information content (AvgIpc) is 2.76. The van der Waals surface area contributed by atoms with Gasteiger partial charge in [-0.25, -0.2) is 4.79 Å². The maximum Gasteiger partial charge on any atom is 0.407 e. The van der Waals surface area contributed by atoms with E-state index in [1.54, 1.807) is 0 Å². The third-order valence-electron chi connectivity index (χ3n) is 2.60. The Morgan fingerprint density at radius 2 is 1.94 bits per heavy atom. The lowest BCUT2D eigenvalue weighted by molar-refractivity contribution is 0.0453. The van der Waals surface area contributed by atoms with E-state index in [1.807, 2.05) is 27.7 Å². The monoisotopic (exact) mass is 229 g/mol. The van der Waals surface area contributed by atoms with Crippen molar-refractivity contribution in [2.45, 2.75) is 58.8 Å². The highest BCUT2D eigenvalue weighted by atomic mass is 16.6. The number of carbonyl (C=O) groups is 1. The van der Waals surface area contributed by atoms with Crippen LogP contribution in [0.15, 0.2) is 0 Å². The predicted octanol–water partition coefficient (Wildman–Crippen LogP) is 2.32. The van der Waals surface area contributed by atoms with Crippen molar-refractivity contribution in [2.24, 2.45) is 5.92 Å². The Bertz CT molecular complexity index is 264. The second kappa shape index (κ2) is 4.24. The average molecular weight is 229 g/mol. The van der Waals surface area contributed by atoms with Crippen molar-refractivity contribution in [3.05, 3.63) is 0 Å². The highest BCUT2D eigenvalue weighted by molar-refractivity contribution is 5.68. The summed E-state index contributed by atoms with van der Waals surface area (Å²) in [7, 11) is 0. The Labute approximate surface area is 97.7 Å². The van der Waals surface area contributed by atoms with Crippen molar-refractivity contribution in [1.29, 1.82) is 0 Å². The number of nitrogens with one attached hydrogen (secondary N) is 1. The zero-order valence-electron chi connectivity index (χ0n) is 11.1. The van der Waals surface area contributed by atoms with Gasteiger partial charge in [0.1, 0.15) is 11.2 Å². The molecule has 0 aromatic rings. The first kappa shape index (κ1) is 13.3. The van der Waals surface area contributed by atoms with Gasteiger partial charge in [-0.05, 0) is 33.6 Å². The van der Waals surface area contributed by atoms with Crippen LogP contribution in [0.2, 0.25) is 0 Å². The lowest BCUT2D eigenvalue weighted by Gasteiger charge is -2.28. The molecule has 0 aromatic heterocycles. The van der Waals surface area contributed by atoms with Gasteiger partial charge in [-0.2, -0.15) is 0 Å². The fraction of sp³-hybridized carbons (Fsp3) is 0.917. The standard InChI is InChI=1S/C12H23NO3/c1-8(2)9(12(6)7-15-12)13-10(14)16-11(3,4)5/h8-9H,7H2,1-6H3,(H,13,14)/t9-,12+/m0/s1. The first-order valence-corrected chi connectivity index (χ1v) is 5.77. The first-order valence-electron chi connectivity index (χ1n) is 5.77. The fourth-order valence-corrected chi connectivity index (χ4v) is 1.75. The van der Waals surface area contributed by atoms with Crippen LogP contribution in [-0.2, 0) is 9.47 Å². The van der Waals surface area contributed by atoms with Crippen LogP contribution in [0, 0.1) is 5.92 Å². The lowest BCUT2D eigenvalue weighted by Crippen LogP contribution is -2.49. The molecule has 1 fully saturated rings. The van der Waals surface area contributed by atoms with E-state index in [2.05, 4.69) is 19.2 Å². The van der Waals surface area contributed by atoms with Gasteiger partial charge in [-0.3, -0.25) is 0 Å². The van der Waals surface area contributed by atoms with E-state index >= 15 is 0 Å². The number of hydrogen-bond donors (Lipinski definition) is 1. The Kier molecular flexibility index (Phi) is 3.53. The summed E-state index contributed by atoms with van der Waals surface area (Å²) in [5.74, 6) is 0.319. The van der Waals surface area contributed by atoms with E-state index in [1.165, 1.54) is 0 Å². The highest BCUT2D eigenvalue weighted by Gasteiger charge is 2.49. The van der Waals surface area contributed by atoms with Gasteiger partial charge in [0.25, 0.3) is 0 Å². The number of hydrogen-bond acceptors (Lipinski definition) is 3. The molecular formula is C12H23NO3. The zero-order valence-corrected chi connectivity index (χ0v) is 11.1. The van der Waals surface area contributed by atoms with E-state index in [0.717, 1.165) is 0 Å². The summed E-state index contributed by atoms with van der Waals surface area (Å²) in [5.41, 5.74) is -0.679. The van der Waals surface area contributed by atoms with E-state index in [0.29, 0.717) is 12.5 Å². The van der Waals surface area contributed by atoms with Crippen molar-refractivity contribution >= 4 is 6.09 Å². The van der Waals surface area contributed by atoms with Gasteiger partial charge < -0.3 is 14.8 Å². The van der Waals surface area contributed by atoms with Crippen LogP contribution >= 0.6 is 0 Å². The maximum absolute atomic E-state index is 11.7. The highest BCUT2D eigenvalue weighted by Crippen LogP contribution is 2.33. The molecule has 1 aliphatic heterocycles. The van der Waals surface area contributed by atoms with Crippen molar-refractivity contribution in [2.75, 3.05) is 6.61 Å². The number of epoxide rings is 1. The van der Waals surface area contributed by atoms with Crippen LogP contribution in [0.1, 0.15) is 41.5 Å². The molecule has 4 nitrogen and oxygen atoms in total. The van der Waals surface area contributed by atoms with Crippen molar-refractivity contribution in [3.63, 3.8) is 0 Å². The largest absolute Gasteiger partial charge is 0.444 e. The van der Waals surface area contributed by atoms with Gasteiger partial charge in [-0.15, -0.1) is 0 Å². The van der Waals surface area contributed by atoms with E-state index in [4.69, 9.17) is 9.47 Å². The minimum Gasteiger partial charge on any atom is -0.444 e. The molecular weight excluding hydrogens is 206 g/mol. The van der Waals surface area contributed by atoms with Crippen LogP contribution in [0.5, 0.6) is 0 Å². The van der Waals surface area contributed by atoms with E-state index in [-0.39, 0.29) is 17.7 Å². The van der Waals surface area contributed by atoms with Crippen LogP contribution in [0.4, 0.5) is 4.79 Å². The molecule has 0 aromatic carbocycles. The summed E-state index contributed by atoms with van der Waals surface area (Å²) in [6.45, 7) is 12.4. The molecule has 0 unspecified atom stereocenters. The Morgan fingerprint density at radius 1 is 1.44 bits per heavy atom. The van der Waals surface area contributed by atoms with Crippen LogP contribution in [0.25, 0.3) is 0 Å². The number of amides is 1. The van der Waals surface area contributed by atoms with Gasteiger partial charge in [0.05, 0.1) is 12.6 Å². The molecule has 0 bridgehead atoms. The Hall–Kier alpha value is -0.770. The summed E-state index contributed by atoms with van der Waals surface area (Å²) in [6, 6.07) is 0.00218. The third kappa shape index (κ3) is 3.67. The molecule has 0 radical (unpaired) electrons. The van der Waals surface area contributed by atoms with Gasteiger partial charge in [0, 0.05) is 0 Å². The molecule has 0 saturated carbocycles. The molecule has 1 heterocycles. The van der Waals surface area contributed by atoms with E-state index < -0.39 is 5.60 Å². The molecule has 0 aliphatic carbocycles. The number of alkyl carbamates (subject to hydrolysis) is 1. The minimum atomic E-state index is -0.461. The predicted molar refractivity (Wildman–Crippen MR) is 62.4 cm³/mol. The summed E-state index contributed by atoms with van der Waals surface area (Å²) in [5, 5.41) is 2.89. The second-order valence-electron chi connectivity index (χ2n) is 5.97. The molecule has 1 amide bonds. The van der Waals surface area contributed by atoms with E-state index in [9.17, 15) is 4.79 Å². The quantitative estimate of drug-likeness (QED) is 0.756. The third-order valence-corrected chi connectivity index (χ3v) is 2.60. The van der Waals surface area contributed by atoms with Crippen LogP contribution in [0.3, 0.4) is 0 Å². The normalized spacial score (nSPS) is 26.4. The SMILES string of the molecule is CC(C)[C@H](NC(=O)OC(C)(C)C)[C@@]1(C)CO1. The smallest absolute Gasteiger partial charge is 0.407 e. The van der Waals surface area contributed by atoms with Crippen LogP contribution in [-0.4, -0.2) is 29.9 Å². The molecule has 1 aliphatic rings. The van der Waals surface area contributed by atoms with Gasteiger partial charge in [0.15, 0.2) is 0 Å². The number of carbonyl (C=O) groups excluding carboxylic acids is 1. The van der Waals surface area contributed by atoms with Crippen LogP contribution < -0.4 is 5.32 Å². The van der Waals surface area contributed by atoms with Gasteiger partial charge in [-0.1, -0.05) is 13.8 Å². The summed E-state index contributed by atoms with van der Waals surface area (Å²) >= 11 is 0. The second-order valence-corrected chi connectivity index (χ2v) is 5.97. The summed E-state index contributed by atoms with van der Waals surface area (Å²) in [4.78, 5) is 11.7. The van der Waals surface area contributed by atoms with Gasteiger partial charge in [0.2, 0.25) is 0 Å². The molecule has 94 valence electrons. The lowest BCUT2D eigenvalue weighted by atomic mass is 9.92. The van der Waals surface area contributed by atoms with Gasteiger partial charge >= 0.3 is 6.09 Å². The molecule has 1 rings (SSSR count). The van der Waals surface area contributed by atoms with Crippen molar-refractivity contribution < 1.29 is 14.3 Å². The fourth-order valence-electron chi connectivity index (χ4n) is 1.75. The number of ether oxygens (including phenoxy) is 2. The Morgan fingerprint density at radius 3 is 2.25 bits per heavy atom. The minimum absolute atomic E-state index is 0.00218. The molecule has 4 heteroatoms. The maximum atomic E-state index is 11.7. The van der Waals surface area contributed by atoms with Crippen molar-refractivity contribution in [3.8, 4) is 0 Å². The number of rotatable bonds is 3. The molecule has 16 heavy (non-hydrogen) atoms. The first-order chi connectivity index (χ1) is 7.14. The molecule has 0 spiro atoms. The summed E-state index contributed by atoms with van der Waals surface area (Å²) < 4.78 is 10.6.